The summed E-state index contributed by atoms with van der Waals surface area (Å²) in [4.78, 5) is 10.0. The molecule has 0 saturated carbocycles. The highest BCUT2D eigenvalue weighted by molar-refractivity contribution is 6.45. The molecule has 0 saturated heterocycles. The van der Waals surface area contributed by atoms with Gasteiger partial charge in [-0.05, 0) is 18.2 Å². The first kappa shape index (κ1) is 15.5. The Bertz CT molecular complexity index is 707. The van der Waals surface area contributed by atoms with Gasteiger partial charge in [0.1, 0.15) is 5.69 Å². The molecule has 2 rings (SSSR count). The lowest BCUT2D eigenvalue weighted by Gasteiger charge is -2.04. The van der Waals surface area contributed by atoms with Crippen LogP contribution in [0.3, 0.4) is 0 Å². The molecule has 0 fully saturated rings. The Morgan fingerprint density at radius 2 is 1.67 bits per heavy atom. The molecule has 0 heterocycles. The van der Waals surface area contributed by atoms with E-state index in [4.69, 9.17) is 34.8 Å². The fraction of sp³-hybridized carbons (Fsp3) is 0. The molecule has 2 aromatic carbocycles. The Labute approximate surface area is 133 Å². The van der Waals surface area contributed by atoms with Crippen molar-refractivity contribution in [3.8, 4) is 5.75 Å². The predicted molar refractivity (Wildman–Crippen MR) is 80.4 cm³/mol. The molecular weight excluding hydrogens is 341 g/mol. The van der Waals surface area contributed by atoms with E-state index in [1.807, 2.05) is 0 Å². The molecule has 108 valence electrons. The number of halogens is 3. The van der Waals surface area contributed by atoms with Gasteiger partial charge in [0, 0.05) is 12.1 Å². The average molecular weight is 347 g/mol. The number of nitrogens with zero attached hydrogens (tertiary/aromatic N) is 3. The molecule has 0 amide bonds. The van der Waals surface area contributed by atoms with E-state index in [0.717, 1.165) is 0 Å². The second kappa shape index (κ2) is 6.26. The summed E-state index contributed by atoms with van der Waals surface area (Å²) in [6.07, 6.45) is 0. The van der Waals surface area contributed by atoms with Crippen molar-refractivity contribution in [3.63, 3.8) is 0 Å². The van der Waals surface area contributed by atoms with E-state index in [0.29, 0.717) is 5.69 Å². The van der Waals surface area contributed by atoms with Gasteiger partial charge in [0.05, 0.1) is 25.7 Å². The summed E-state index contributed by atoms with van der Waals surface area (Å²) in [7, 11) is 0. The van der Waals surface area contributed by atoms with Gasteiger partial charge in [-0.3, -0.25) is 10.1 Å². The topological polar surface area (TPSA) is 88.1 Å². The molecule has 1 N–H and O–H groups in total. The highest BCUT2D eigenvalue weighted by Crippen LogP contribution is 2.44. The van der Waals surface area contributed by atoms with E-state index in [9.17, 15) is 15.2 Å². The minimum atomic E-state index is -0.527. The number of azo groups is 1. The molecule has 0 aliphatic rings. The van der Waals surface area contributed by atoms with Crippen LogP contribution in [0.25, 0.3) is 0 Å². The summed E-state index contributed by atoms with van der Waals surface area (Å²) >= 11 is 17.5. The van der Waals surface area contributed by atoms with Gasteiger partial charge in [-0.25, -0.2) is 0 Å². The standard InChI is InChI=1S/C12H6Cl3N3O3/c13-8-5-9(14)12(19)11(10(8)15)17-16-6-1-3-7(4-2-6)18(20)21/h1-5,19H. The second-order valence-corrected chi connectivity index (χ2v) is 5.02. The van der Waals surface area contributed by atoms with Crippen LogP contribution in [0, 0.1) is 10.1 Å². The Balaban J connectivity index is 2.35. The summed E-state index contributed by atoms with van der Waals surface area (Å²) in [5, 5.41) is 28.0. The van der Waals surface area contributed by atoms with Crippen molar-refractivity contribution < 1.29 is 10.0 Å². The van der Waals surface area contributed by atoms with Crippen molar-refractivity contribution in [2.24, 2.45) is 10.2 Å². The first-order valence-electron chi connectivity index (χ1n) is 5.43. The van der Waals surface area contributed by atoms with Crippen LogP contribution in [0.2, 0.25) is 15.1 Å². The number of benzene rings is 2. The third kappa shape index (κ3) is 3.41. The van der Waals surface area contributed by atoms with Gasteiger partial charge in [0.2, 0.25) is 0 Å². The summed E-state index contributed by atoms with van der Waals surface area (Å²) in [5.41, 5.74) is 0.195. The van der Waals surface area contributed by atoms with Crippen molar-refractivity contribution in [3.05, 3.63) is 55.5 Å². The van der Waals surface area contributed by atoms with Gasteiger partial charge in [-0.2, -0.15) is 5.11 Å². The molecule has 6 nitrogen and oxygen atoms in total. The van der Waals surface area contributed by atoms with Gasteiger partial charge < -0.3 is 5.11 Å². The quantitative estimate of drug-likeness (QED) is 0.336. The number of hydrogen-bond acceptors (Lipinski definition) is 5. The van der Waals surface area contributed by atoms with Crippen LogP contribution in [0.4, 0.5) is 17.1 Å². The van der Waals surface area contributed by atoms with Gasteiger partial charge in [0.15, 0.2) is 5.75 Å². The Kier molecular flexibility index (Phi) is 4.62. The fourth-order valence-corrected chi connectivity index (χ4v) is 2.05. The van der Waals surface area contributed by atoms with Gasteiger partial charge in [-0.1, -0.05) is 34.8 Å². The van der Waals surface area contributed by atoms with Crippen molar-refractivity contribution in [2.75, 3.05) is 0 Å². The number of rotatable bonds is 3. The van der Waals surface area contributed by atoms with E-state index in [2.05, 4.69) is 10.2 Å². The summed E-state index contributed by atoms with van der Waals surface area (Å²) < 4.78 is 0. The summed E-state index contributed by atoms with van der Waals surface area (Å²) in [6, 6.07) is 6.64. The van der Waals surface area contributed by atoms with E-state index in [1.54, 1.807) is 0 Å². The van der Waals surface area contributed by atoms with Gasteiger partial charge in [-0.15, -0.1) is 5.11 Å². The SMILES string of the molecule is O=[N+]([O-])c1ccc(N=Nc2c(O)c(Cl)cc(Cl)c2Cl)cc1. The van der Waals surface area contributed by atoms with Crippen molar-refractivity contribution >= 4 is 51.9 Å². The van der Waals surface area contributed by atoms with Crippen molar-refractivity contribution in [1.82, 2.24) is 0 Å². The van der Waals surface area contributed by atoms with Crippen LogP contribution < -0.4 is 0 Å². The maximum absolute atomic E-state index is 10.5. The number of nitro groups is 1. The molecule has 2 aromatic rings. The van der Waals surface area contributed by atoms with Crippen LogP contribution in [-0.2, 0) is 0 Å². The molecule has 0 bridgehead atoms. The fourth-order valence-electron chi connectivity index (χ4n) is 1.41. The predicted octanol–water partition coefficient (Wildman–Crippen LogP) is 5.68. The van der Waals surface area contributed by atoms with Crippen LogP contribution in [0.1, 0.15) is 0 Å². The first-order chi connectivity index (χ1) is 9.90. The minimum Gasteiger partial charge on any atom is -0.504 e. The number of hydrogen-bond donors (Lipinski definition) is 1. The van der Waals surface area contributed by atoms with Crippen LogP contribution in [0.5, 0.6) is 5.75 Å². The van der Waals surface area contributed by atoms with Crippen LogP contribution >= 0.6 is 34.8 Å². The number of phenols is 1. The third-order valence-corrected chi connectivity index (χ3v) is 3.51. The molecule has 0 unspecified atom stereocenters. The largest absolute Gasteiger partial charge is 0.504 e. The smallest absolute Gasteiger partial charge is 0.269 e. The Morgan fingerprint density at radius 1 is 1.05 bits per heavy atom. The lowest BCUT2D eigenvalue weighted by atomic mass is 10.3. The number of non-ortho nitro benzene ring substituents is 1. The molecule has 0 spiro atoms. The Hall–Kier alpha value is -1.89. The first-order valence-corrected chi connectivity index (χ1v) is 6.56. The second-order valence-electron chi connectivity index (χ2n) is 3.82. The lowest BCUT2D eigenvalue weighted by Crippen LogP contribution is -1.85. The number of phenolic OH excluding ortho intramolecular Hbond substituents is 1. The van der Waals surface area contributed by atoms with Gasteiger partial charge in [0.25, 0.3) is 5.69 Å². The Morgan fingerprint density at radius 3 is 2.24 bits per heavy atom. The third-order valence-electron chi connectivity index (χ3n) is 2.45. The molecule has 0 radical (unpaired) electrons. The zero-order valence-corrected chi connectivity index (χ0v) is 12.4. The zero-order chi connectivity index (χ0) is 15.6. The zero-order valence-electron chi connectivity index (χ0n) is 10.1. The molecule has 0 aliphatic heterocycles. The maximum atomic E-state index is 10.5. The molecule has 9 heteroatoms. The van der Waals surface area contributed by atoms with E-state index in [1.165, 1.54) is 30.3 Å². The molecule has 0 atom stereocenters. The molecular formula is C12H6Cl3N3O3. The highest BCUT2D eigenvalue weighted by atomic mass is 35.5. The lowest BCUT2D eigenvalue weighted by molar-refractivity contribution is -0.384. The van der Waals surface area contributed by atoms with E-state index < -0.39 is 4.92 Å². The van der Waals surface area contributed by atoms with Crippen LogP contribution in [-0.4, -0.2) is 10.0 Å². The molecule has 0 aromatic heterocycles. The van der Waals surface area contributed by atoms with Crippen LogP contribution in [0.15, 0.2) is 40.6 Å². The average Bonchev–Trinajstić information content (AvgIpc) is 2.45. The van der Waals surface area contributed by atoms with Crippen molar-refractivity contribution in [2.45, 2.75) is 0 Å². The summed E-state index contributed by atoms with van der Waals surface area (Å²) in [6.45, 7) is 0. The minimum absolute atomic E-state index is 0.00392. The van der Waals surface area contributed by atoms with E-state index in [-0.39, 0.29) is 32.2 Å². The van der Waals surface area contributed by atoms with E-state index >= 15 is 0 Å². The molecule has 21 heavy (non-hydrogen) atoms. The monoisotopic (exact) mass is 345 g/mol. The highest BCUT2D eigenvalue weighted by Gasteiger charge is 2.14. The number of nitro benzene ring substituents is 1. The molecule has 0 aliphatic carbocycles. The summed E-state index contributed by atoms with van der Waals surface area (Å²) in [5.74, 6) is -0.350. The maximum Gasteiger partial charge on any atom is 0.269 e. The number of aromatic hydroxyl groups is 1. The van der Waals surface area contributed by atoms with Gasteiger partial charge >= 0.3 is 0 Å². The normalized spacial score (nSPS) is 11.0. The van der Waals surface area contributed by atoms with Crippen molar-refractivity contribution in [1.29, 1.82) is 0 Å².